The third-order valence-electron chi connectivity index (χ3n) is 5.60. The SMILES string of the molecule is CC1Sc2ccc(S(=O)(=O)N3CCC(C(=O)NCCc4cccs4)CC3)cc2NC1=O. The van der Waals surface area contributed by atoms with Crippen molar-refractivity contribution in [3.63, 3.8) is 0 Å². The van der Waals surface area contributed by atoms with E-state index in [0.717, 1.165) is 11.3 Å². The van der Waals surface area contributed by atoms with E-state index in [0.29, 0.717) is 38.2 Å². The van der Waals surface area contributed by atoms with Gasteiger partial charge in [0.05, 0.1) is 15.8 Å². The minimum atomic E-state index is -3.68. The second kappa shape index (κ2) is 9.32. The van der Waals surface area contributed by atoms with Crippen LogP contribution in [0.2, 0.25) is 0 Å². The number of carbonyl (C=O) groups is 2. The Hall–Kier alpha value is -1.88. The molecule has 1 saturated heterocycles. The number of thioether (sulfide) groups is 1. The van der Waals surface area contributed by atoms with Gasteiger partial charge in [0.25, 0.3) is 0 Å². The summed E-state index contributed by atoms with van der Waals surface area (Å²) in [4.78, 5) is 26.6. The van der Waals surface area contributed by atoms with Gasteiger partial charge in [0.1, 0.15) is 0 Å². The van der Waals surface area contributed by atoms with Crippen molar-refractivity contribution in [2.75, 3.05) is 25.0 Å². The number of hydrogen-bond acceptors (Lipinski definition) is 6. The Balaban J connectivity index is 1.34. The van der Waals surface area contributed by atoms with Gasteiger partial charge in [-0.1, -0.05) is 6.07 Å². The summed E-state index contributed by atoms with van der Waals surface area (Å²) < 4.78 is 27.6. The fourth-order valence-electron chi connectivity index (χ4n) is 3.76. The van der Waals surface area contributed by atoms with Crippen LogP contribution in [0, 0.1) is 5.92 Å². The summed E-state index contributed by atoms with van der Waals surface area (Å²) in [5, 5.41) is 7.57. The molecule has 1 atom stereocenters. The lowest BCUT2D eigenvalue weighted by Crippen LogP contribution is -2.43. The van der Waals surface area contributed by atoms with Gasteiger partial charge in [-0.15, -0.1) is 23.1 Å². The average Bonchev–Trinajstić information content (AvgIpc) is 3.28. The molecule has 31 heavy (non-hydrogen) atoms. The molecule has 2 N–H and O–H groups in total. The van der Waals surface area contributed by atoms with Gasteiger partial charge in [-0.2, -0.15) is 4.31 Å². The molecule has 2 aliphatic heterocycles. The Bertz CT molecular complexity index is 1060. The largest absolute Gasteiger partial charge is 0.355 e. The van der Waals surface area contributed by atoms with Crippen LogP contribution < -0.4 is 10.6 Å². The van der Waals surface area contributed by atoms with Crippen LogP contribution in [0.25, 0.3) is 0 Å². The van der Waals surface area contributed by atoms with Gasteiger partial charge in [-0.25, -0.2) is 8.42 Å². The molecule has 166 valence electrons. The van der Waals surface area contributed by atoms with Crippen molar-refractivity contribution in [1.82, 2.24) is 9.62 Å². The van der Waals surface area contributed by atoms with Crippen LogP contribution in [-0.4, -0.2) is 49.4 Å². The maximum atomic E-state index is 13.1. The Morgan fingerprint density at radius 2 is 2.03 bits per heavy atom. The smallest absolute Gasteiger partial charge is 0.243 e. The van der Waals surface area contributed by atoms with Crippen molar-refractivity contribution in [3.8, 4) is 0 Å². The third-order valence-corrected chi connectivity index (χ3v) is 9.60. The van der Waals surface area contributed by atoms with Gasteiger partial charge in [0.2, 0.25) is 21.8 Å². The van der Waals surface area contributed by atoms with Crippen LogP contribution in [0.4, 0.5) is 5.69 Å². The first-order chi connectivity index (χ1) is 14.8. The summed E-state index contributed by atoms with van der Waals surface area (Å²) in [6.07, 6.45) is 1.81. The van der Waals surface area contributed by atoms with Crippen LogP contribution in [0.1, 0.15) is 24.6 Å². The zero-order valence-electron chi connectivity index (χ0n) is 17.2. The van der Waals surface area contributed by atoms with Crippen molar-refractivity contribution in [2.45, 2.75) is 41.2 Å². The lowest BCUT2D eigenvalue weighted by atomic mass is 9.97. The summed E-state index contributed by atoms with van der Waals surface area (Å²) in [5.74, 6) is -0.301. The van der Waals surface area contributed by atoms with Crippen LogP contribution in [0.3, 0.4) is 0 Å². The topological polar surface area (TPSA) is 95.6 Å². The lowest BCUT2D eigenvalue weighted by molar-refractivity contribution is -0.126. The van der Waals surface area contributed by atoms with E-state index >= 15 is 0 Å². The first kappa shape index (κ1) is 22.3. The molecule has 0 aliphatic carbocycles. The number of piperidine rings is 1. The highest BCUT2D eigenvalue weighted by Crippen LogP contribution is 2.37. The number of hydrogen-bond donors (Lipinski definition) is 2. The molecule has 4 rings (SSSR count). The summed E-state index contributed by atoms with van der Waals surface area (Å²) in [5.41, 5.74) is 0.536. The fraction of sp³-hybridized carbons (Fsp3) is 0.429. The molecule has 1 aromatic carbocycles. The maximum absolute atomic E-state index is 13.1. The van der Waals surface area contributed by atoms with E-state index in [1.165, 1.54) is 27.0 Å². The van der Waals surface area contributed by atoms with E-state index < -0.39 is 10.0 Å². The highest BCUT2D eigenvalue weighted by Gasteiger charge is 2.33. The van der Waals surface area contributed by atoms with E-state index in [2.05, 4.69) is 10.6 Å². The Kier molecular flexibility index (Phi) is 6.71. The summed E-state index contributed by atoms with van der Waals surface area (Å²) in [6.45, 7) is 3.02. The van der Waals surface area contributed by atoms with E-state index in [1.807, 2.05) is 24.4 Å². The van der Waals surface area contributed by atoms with Crippen molar-refractivity contribution < 1.29 is 18.0 Å². The first-order valence-corrected chi connectivity index (χ1v) is 13.5. The zero-order chi connectivity index (χ0) is 22.0. The summed E-state index contributed by atoms with van der Waals surface area (Å²) in [7, 11) is -3.68. The molecule has 0 saturated carbocycles. The van der Waals surface area contributed by atoms with Crippen molar-refractivity contribution >= 4 is 50.6 Å². The van der Waals surface area contributed by atoms with Crippen molar-refractivity contribution in [2.24, 2.45) is 5.92 Å². The molecular formula is C21H25N3O4S3. The molecule has 3 heterocycles. The number of carbonyl (C=O) groups excluding carboxylic acids is 2. The molecule has 2 aromatic rings. The standard InChI is InChI=1S/C21H25N3O4S3/c1-14-20(25)23-18-13-17(4-5-19(18)30-14)31(27,28)24-10-7-15(8-11-24)21(26)22-9-6-16-3-2-12-29-16/h2-5,12-15H,6-11H2,1H3,(H,22,26)(H,23,25). The van der Waals surface area contributed by atoms with Gasteiger partial charge >= 0.3 is 0 Å². The summed E-state index contributed by atoms with van der Waals surface area (Å²) in [6, 6.07) is 8.91. The maximum Gasteiger partial charge on any atom is 0.243 e. The predicted molar refractivity (Wildman–Crippen MR) is 123 cm³/mol. The first-order valence-electron chi connectivity index (χ1n) is 10.3. The molecule has 1 aromatic heterocycles. The number of amides is 2. The number of nitrogens with one attached hydrogen (secondary N) is 2. The second-order valence-electron chi connectivity index (χ2n) is 7.71. The van der Waals surface area contributed by atoms with E-state index in [9.17, 15) is 18.0 Å². The molecule has 0 spiro atoms. The van der Waals surface area contributed by atoms with Crippen LogP contribution in [-0.2, 0) is 26.0 Å². The third kappa shape index (κ3) is 4.97. The number of fused-ring (bicyclic) bond motifs is 1. The molecule has 0 radical (unpaired) electrons. The molecule has 0 bridgehead atoms. The highest BCUT2D eigenvalue weighted by atomic mass is 32.2. The highest BCUT2D eigenvalue weighted by molar-refractivity contribution is 8.01. The number of thiophene rings is 1. The predicted octanol–water partition coefficient (Wildman–Crippen LogP) is 2.94. The van der Waals surface area contributed by atoms with Gasteiger partial charge in [-0.05, 0) is 55.8 Å². The van der Waals surface area contributed by atoms with Gasteiger partial charge in [0.15, 0.2) is 0 Å². The second-order valence-corrected chi connectivity index (χ2v) is 12.1. The van der Waals surface area contributed by atoms with E-state index in [-0.39, 0.29) is 27.9 Å². The van der Waals surface area contributed by atoms with Crippen molar-refractivity contribution in [1.29, 1.82) is 0 Å². The van der Waals surface area contributed by atoms with Crippen molar-refractivity contribution in [3.05, 3.63) is 40.6 Å². The molecule has 1 unspecified atom stereocenters. The van der Waals surface area contributed by atoms with E-state index in [1.54, 1.807) is 23.5 Å². The molecule has 10 heteroatoms. The number of nitrogens with zero attached hydrogens (tertiary/aromatic N) is 1. The lowest BCUT2D eigenvalue weighted by Gasteiger charge is -2.31. The molecule has 2 aliphatic rings. The van der Waals surface area contributed by atoms with E-state index in [4.69, 9.17) is 0 Å². The Morgan fingerprint density at radius 1 is 1.26 bits per heavy atom. The Labute approximate surface area is 190 Å². The molecular weight excluding hydrogens is 454 g/mol. The summed E-state index contributed by atoms with van der Waals surface area (Å²) >= 11 is 3.09. The molecule has 2 amide bonds. The average molecular weight is 480 g/mol. The number of sulfonamides is 1. The number of anilines is 1. The van der Waals surface area contributed by atoms with Gasteiger partial charge in [-0.3, -0.25) is 9.59 Å². The minimum Gasteiger partial charge on any atom is -0.355 e. The van der Waals surface area contributed by atoms with Gasteiger partial charge in [0, 0.05) is 35.3 Å². The Morgan fingerprint density at radius 3 is 2.74 bits per heavy atom. The number of benzene rings is 1. The van der Waals surface area contributed by atoms with Crippen LogP contribution in [0.5, 0.6) is 0 Å². The normalized spacial score (nSPS) is 20.2. The molecule has 7 nitrogen and oxygen atoms in total. The number of rotatable bonds is 6. The monoisotopic (exact) mass is 479 g/mol. The quantitative estimate of drug-likeness (QED) is 0.664. The fourth-order valence-corrected chi connectivity index (χ4v) is 6.90. The minimum absolute atomic E-state index is 0.00348. The van der Waals surface area contributed by atoms with Crippen LogP contribution in [0.15, 0.2) is 45.5 Å². The van der Waals surface area contributed by atoms with Gasteiger partial charge < -0.3 is 10.6 Å². The molecule has 1 fully saturated rings. The van der Waals surface area contributed by atoms with Crippen LogP contribution >= 0.6 is 23.1 Å². The zero-order valence-corrected chi connectivity index (χ0v) is 19.6.